The van der Waals surface area contributed by atoms with Gasteiger partial charge in [0.05, 0.1) is 6.04 Å². The summed E-state index contributed by atoms with van der Waals surface area (Å²) in [7, 11) is 0. The van der Waals surface area contributed by atoms with Crippen molar-refractivity contribution in [2.45, 2.75) is 70.6 Å². The van der Waals surface area contributed by atoms with E-state index in [0.717, 1.165) is 5.57 Å². The molecule has 0 bridgehead atoms. The second kappa shape index (κ2) is 11.0. The van der Waals surface area contributed by atoms with Crippen LogP contribution in [0.4, 0.5) is 4.79 Å². The number of amides is 5. The monoisotopic (exact) mass is 489 g/mol. The number of imide groups is 1. The fourth-order valence-corrected chi connectivity index (χ4v) is 4.37. The van der Waals surface area contributed by atoms with E-state index in [-0.39, 0.29) is 43.1 Å². The summed E-state index contributed by atoms with van der Waals surface area (Å²) in [6.45, 7) is 6.64. The molecule has 35 heavy (non-hydrogen) atoms. The van der Waals surface area contributed by atoms with Crippen LogP contribution in [0.25, 0.3) is 0 Å². The molecule has 3 aliphatic rings. The molecule has 0 radical (unpaired) electrons. The van der Waals surface area contributed by atoms with E-state index in [4.69, 9.17) is 10.5 Å². The summed E-state index contributed by atoms with van der Waals surface area (Å²) < 4.78 is 5.39. The Labute approximate surface area is 205 Å². The molecule has 4 N–H and O–H groups in total. The van der Waals surface area contributed by atoms with Crippen LogP contribution in [0.5, 0.6) is 0 Å². The lowest BCUT2D eigenvalue weighted by Gasteiger charge is -2.28. The highest BCUT2D eigenvalue weighted by molar-refractivity contribution is 6.07. The Kier molecular flexibility index (Phi) is 8.31. The summed E-state index contributed by atoms with van der Waals surface area (Å²) >= 11 is 0. The number of hydrogen-bond acceptors (Lipinski definition) is 7. The van der Waals surface area contributed by atoms with Crippen molar-refractivity contribution in [1.29, 1.82) is 0 Å². The van der Waals surface area contributed by atoms with Gasteiger partial charge in [-0.05, 0) is 45.6 Å². The molecule has 1 aliphatic carbocycles. The summed E-state index contributed by atoms with van der Waals surface area (Å²) in [5.41, 5.74) is 6.32. The van der Waals surface area contributed by atoms with E-state index in [1.807, 2.05) is 6.08 Å². The molecule has 0 aromatic heterocycles. The van der Waals surface area contributed by atoms with Gasteiger partial charge in [0.1, 0.15) is 11.6 Å². The van der Waals surface area contributed by atoms with Crippen molar-refractivity contribution in [2.75, 3.05) is 26.2 Å². The summed E-state index contributed by atoms with van der Waals surface area (Å²) in [6.07, 6.45) is 4.85. The maximum absolute atomic E-state index is 12.8. The molecule has 11 nitrogen and oxygen atoms in total. The molecule has 192 valence electrons. The van der Waals surface area contributed by atoms with E-state index in [9.17, 15) is 24.0 Å². The quantitative estimate of drug-likeness (QED) is 0.416. The molecule has 2 saturated heterocycles. The number of hydrogen-bond donors (Lipinski definition) is 3. The van der Waals surface area contributed by atoms with Crippen molar-refractivity contribution < 1.29 is 28.7 Å². The zero-order valence-electron chi connectivity index (χ0n) is 20.6. The smallest absolute Gasteiger partial charge is 0.410 e. The highest BCUT2D eigenvalue weighted by Gasteiger charge is 2.41. The Balaban J connectivity index is 1.50. The fourth-order valence-electron chi connectivity index (χ4n) is 4.37. The summed E-state index contributed by atoms with van der Waals surface area (Å²) in [4.78, 5) is 64.2. The van der Waals surface area contributed by atoms with Crippen LogP contribution in [0.15, 0.2) is 23.3 Å². The third-order valence-corrected chi connectivity index (χ3v) is 5.97. The Bertz CT molecular complexity index is 951. The Morgan fingerprint density at radius 2 is 2.00 bits per heavy atom. The molecule has 3 rings (SSSR count). The van der Waals surface area contributed by atoms with Crippen LogP contribution in [0, 0.1) is 0 Å². The SMILES string of the molecule is CC(C)(C)OC(=O)N(CCN)CCCC(=O)NC1C=C2CN(C3CCC(=O)NC3=O)C(=O)C2=CC1. The standard InChI is InChI=1S/C24H35N5O6/c1-24(2,3)35-23(34)28(12-10-25)11-4-5-19(30)26-16-6-7-17-15(13-16)14-29(22(17)33)18-8-9-20(31)27-21(18)32/h7,13,16,18H,4-6,8-12,14,25H2,1-3H3,(H,26,30)(H,27,31,32). The van der Waals surface area contributed by atoms with Crippen LogP contribution >= 0.6 is 0 Å². The lowest BCUT2D eigenvalue weighted by molar-refractivity contribution is -0.142. The molecule has 2 aliphatic heterocycles. The lowest BCUT2D eigenvalue weighted by atomic mass is 9.97. The van der Waals surface area contributed by atoms with Crippen LogP contribution < -0.4 is 16.4 Å². The molecule has 0 aromatic rings. The molecule has 11 heteroatoms. The van der Waals surface area contributed by atoms with Crippen LogP contribution in [0.1, 0.15) is 52.9 Å². The van der Waals surface area contributed by atoms with Gasteiger partial charge in [-0.25, -0.2) is 4.79 Å². The van der Waals surface area contributed by atoms with Gasteiger partial charge < -0.3 is 25.6 Å². The van der Waals surface area contributed by atoms with E-state index in [1.165, 1.54) is 9.80 Å². The largest absolute Gasteiger partial charge is 0.444 e. The van der Waals surface area contributed by atoms with Gasteiger partial charge in [0.2, 0.25) is 17.7 Å². The van der Waals surface area contributed by atoms with E-state index in [0.29, 0.717) is 44.5 Å². The first-order valence-corrected chi connectivity index (χ1v) is 12.0. The van der Waals surface area contributed by atoms with E-state index in [2.05, 4.69) is 10.6 Å². The van der Waals surface area contributed by atoms with Crippen molar-refractivity contribution in [3.8, 4) is 0 Å². The Morgan fingerprint density at radius 3 is 2.66 bits per heavy atom. The molecular weight excluding hydrogens is 454 g/mol. The number of carbonyl (C=O) groups excluding carboxylic acids is 5. The van der Waals surface area contributed by atoms with Crippen molar-refractivity contribution in [1.82, 2.24) is 20.4 Å². The fraction of sp³-hybridized carbons (Fsp3) is 0.625. The Hall–Kier alpha value is -3.21. The summed E-state index contributed by atoms with van der Waals surface area (Å²) in [5, 5.41) is 5.24. The molecule has 5 amide bonds. The molecule has 0 aromatic carbocycles. The van der Waals surface area contributed by atoms with Crippen LogP contribution in [-0.4, -0.2) is 83.4 Å². The number of nitrogens with one attached hydrogen (secondary N) is 2. The van der Waals surface area contributed by atoms with Gasteiger partial charge in [-0.2, -0.15) is 0 Å². The molecule has 2 unspecified atom stereocenters. The van der Waals surface area contributed by atoms with Crippen molar-refractivity contribution in [3.05, 3.63) is 23.3 Å². The van der Waals surface area contributed by atoms with Crippen LogP contribution in [0.3, 0.4) is 0 Å². The molecule has 0 saturated carbocycles. The second-order valence-electron chi connectivity index (χ2n) is 9.98. The highest BCUT2D eigenvalue weighted by atomic mass is 16.6. The number of ether oxygens (including phenoxy) is 1. The third kappa shape index (κ3) is 6.91. The number of likely N-dealkylation sites (tertiary alicyclic amines) is 1. The second-order valence-corrected chi connectivity index (χ2v) is 9.98. The van der Waals surface area contributed by atoms with E-state index >= 15 is 0 Å². The zero-order valence-corrected chi connectivity index (χ0v) is 20.6. The van der Waals surface area contributed by atoms with Gasteiger partial charge in [-0.3, -0.25) is 24.5 Å². The van der Waals surface area contributed by atoms with E-state index < -0.39 is 23.6 Å². The number of nitrogens with zero attached hydrogens (tertiary/aromatic N) is 2. The van der Waals surface area contributed by atoms with Gasteiger partial charge in [-0.1, -0.05) is 12.2 Å². The number of carbonyl (C=O) groups is 5. The van der Waals surface area contributed by atoms with Crippen molar-refractivity contribution in [3.63, 3.8) is 0 Å². The van der Waals surface area contributed by atoms with Gasteiger partial charge in [0, 0.05) is 44.6 Å². The minimum atomic E-state index is -0.665. The topological polar surface area (TPSA) is 151 Å². The Morgan fingerprint density at radius 1 is 1.26 bits per heavy atom. The first kappa shape index (κ1) is 26.4. The predicted molar refractivity (Wildman–Crippen MR) is 127 cm³/mol. The van der Waals surface area contributed by atoms with Crippen molar-refractivity contribution in [2.24, 2.45) is 5.73 Å². The maximum atomic E-state index is 12.8. The number of piperidine rings is 1. The maximum Gasteiger partial charge on any atom is 0.410 e. The van der Waals surface area contributed by atoms with Crippen LogP contribution in [-0.2, 0) is 23.9 Å². The molecule has 2 atom stereocenters. The molecule has 2 fully saturated rings. The average Bonchev–Trinajstić information content (AvgIpc) is 3.07. The third-order valence-electron chi connectivity index (χ3n) is 5.97. The van der Waals surface area contributed by atoms with E-state index in [1.54, 1.807) is 26.8 Å². The summed E-state index contributed by atoms with van der Waals surface area (Å²) in [6, 6.07) is -0.927. The highest BCUT2D eigenvalue weighted by Crippen LogP contribution is 2.31. The summed E-state index contributed by atoms with van der Waals surface area (Å²) in [5.74, 6) is -1.16. The number of fused-ring (bicyclic) bond motifs is 1. The van der Waals surface area contributed by atoms with Gasteiger partial charge in [0.25, 0.3) is 5.91 Å². The normalized spacial score (nSPS) is 22.2. The number of rotatable bonds is 8. The minimum absolute atomic E-state index is 0.160. The molecule has 2 heterocycles. The zero-order chi connectivity index (χ0) is 25.8. The molecule has 0 spiro atoms. The average molecular weight is 490 g/mol. The van der Waals surface area contributed by atoms with Gasteiger partial charge in [-0.15, -0.1) is 0 Å². The predicted octanol–water partition coefficient (Wildman–Crippen LogP) is 0.351. The van der Waals surface area contributed by atoms with Crippen LogP contribution in [0.2, 0.25) is 0 Å². The lowest BCUT2D eigenvalue weighted by Crippen LogP contribution is -2.52. The first-order chi connectivity index (χ1) is 16.5. The van der Waals surface area contributed by atoms with Crippen molar-refractivity contribution >= 4 is 29.7 Å². The molecular formula is C24H35N5O6. The number of nitrogens with two attached hydrogens (primary N) is 1. The first-order valence-electron chi connectivity index (χ1n) is 12.0. The minimum Gasteiger partial charge on any atom is -0.444 e. The van der Waals surface area contributed by atoms with Gasteiger partial charge >= 0.3 is 6.09 Å². The van der Waals surface area contributed by atoms with Gasteiger partial charge in [0.15, 0.2) is 0 Å².